The number of carboxylic acids is 1. The van der Waals surface area contributed by atoms with Crippen LogP contribution in [0.15, 0.2) is 36.4 Å². The Labute approximate surface area is 411 Å². The number of amides is 10. The molecular formula is C46H69N9O16. The molecule has 1 atom stereocenters. The normalized spacial score (nSPS) is 12.1. The number of hydroxylamine groups is 6. The molecule has 1 aliphatic rings. The van der Waals surface area contributed by atoms with Crippen molar-refractivity contribution in [2.24, 2.45) is 0 Å². The molecule has 25 nitrogen and oxygen atoms in total. The maximum atomic E-state index is 12.7. The first kappa shape index (κ1) is 60.1. The first-order chi connectivity index (χ1) is 33.9. The van der Waals surface area contributed by atoms with E-state index in [0.29, 0.717) is 98.9 Å². The van der Waals surface area contributed by atoms with Gasteiger partial charge in [0.1, 0.15) is 11.8 Å². The Morgan fingerprint density at radius 3 is 1.62 bits per heavy atom. The molecule has 10 amide bonds. The van der Waals surface area contributed by atoms with E-state index in [1.165, 1.54) is 31.2 Å². The maximum absolute atomic E-state index is 12.7. The fraction of sp³-hybridized carbons (Fsp3) is 0.587. The maximum Gasteiger partial charge on any atom is 0.326 e. The number of carboxylic acid groups (broad SMARTS) is 1. The third-order valence-electron chi connectivity index (χ3n) is 10.7. The topological polar surface area (TPSA) is 351 Å². The van der Waals surface area contributed by atoms with Crippen LogP contribution in [0.3, 0.4) is 0 Å². The Hall–Kier alpha value is -6.99. The van der Waals surface area contributed by atoms with Crippen molar-refractivity contribution in [2.75, 3.05) is 59.0 Å². The van der Waals surface area contributed by atoms with Crippen LogP contribution in [0.1, 0.15) is 120 Å². The summed E-state index contributed by atoms with van der Waals surface area (Å²) in [5.41, 5.74) is 0.113. The van der Waals surface area contributed by atoms with Crippen LogP contribution in [0.25, 0.3) is 0 Å². The van der Waals surface area contributed by atoms with E-state index in [-0.39, 0.29) is 94.6 Å². The molecule has 0 aromatic heterocycles. The van der Waals surface area contributed by atoms with E-state index in [1.54, 1.807) is 0 Å². The summed E-state index contributed by atoms with van der Waals surface area (Å²) in [6.45, 7) is 1.74. The molecule has 9 N–H and O–H groups in total. The highest BCUT2D eigenvalue weighted by molar-refractivity contribution is 6.12. The zero-order valence-corrected chi connectivity index (χ0v) is 40.2. The smallest absolute Gasteiger partial charge is 0.326 e. The van der Waals surface area contributed by atoms with Crippen LogP contribution in [0.5, 0.6) is 5.75 Å². The van der Waals surface area contributed by atoms with Gasteiger partial charge in [0.15, 0.2) is 6.61 Å². The van der Waals surface area contributed by atoms with Crippen LogP contribution < -0.4 is 31.3 Å². The minimum Gasteiger partial charge on any atom is -0.484 e. The lowest BCUT2D eigenvalue weighted by molar-refractivity contribution is -0.166. The molecule has 71 heavy (non-hydrogen) atoms. The SMILES string of the molecule is CC(=O)N(O)CCCCCNC(=O)CCC(=O)N(O)CCCCCNC(=O)CCC(=O)N(O)CCCCCNC(=O)COc1cccc(C(=O)NCC(=O)N[C@@H](CCCCN2C(=O)C=CC2=O)C(=O)O)c1. The summed E-state index contributed by atoms with van der Waals surface area (Å²) in [7, 11) is 0. The Morgan fingerprint density at radius 1 is 0.606 bits per heavy atom. The Morgan fingerprint density at radius 2 is 1.11 bits per heavy atom. The second kappa shape index (κ2) is 34.3. The fourth-order valence-electron chi connectivity index (χ4n) is 6.62. The molecule has 1 aromatic rings. The summed E-state index contributed by atoms with van der Waals surface area (Å²) in [5, 5.41) is 53.4. The summed E-state index contributed by atoms with van der Waals surface area (Å²) >= 11 is 0. The highest BCUT2D eigenvalue weighted by atomic mass is 16.5. The molecule has 0 aliphatic carbocycles. The number of imide groups is 1. The van der Waals surface area contributed by atoms with E-state index < -0.39 is 65.8 Å². The minimum absolute atomic E-state index is 0.0241. The van der Waals surface area contributed by atoms with E-state index in [0.717, 1.165) is 17.1 Å². The third kappa shape index (κ3) is 26.5. The number of nitrogens with zero attached hydrogens (tertiary/aromatic N) is 4. The zero-order valence-electron chi connectivity index (χ0n) is 40.2. The summed E-state index contributed by atoms with van der Waals surface area (Å²) in [6.07, 6.45) is 7.38. The summed E-state index contributed by atoms with van der Waals surface area (Å²) in [4.78, 5) is 133. The number of ether oxygens (including phenoxy) is 1. The van der Waals surface area contributed by atoms with Gasteiger partial charge < -0.3 is 36.4 Å². The van der Waals surface area contributed by atoms with Crippen molar-refractivity contribution in [1.82, 2.24) is 46.7 Å². The lowest BCUT2D eigenvalue weighted by atomic mass is 10.1. The number of benzene rings is 1. The van der Waals surface area contributed by atoms with Gasteiger partial charge in [-0.05, 0) is 95.2 Å². The Balaban J connectivity index is 1.48. The van der Waals surface area contributed by atoms with Crippen LogP contribution in [-0.2, 0) is 47.9 Å². The molecule has 1 aromatic carbocycles. The van der Waals surface area contributed by atoms with Crippen molar-refractivity contribution in [3.63, 3.8) is 0 Å². The van der Waals surface area contributed by atoms with Crippen molar-refractivity contribution < 1.29 is 78.2 Å². The van der Waals surface area contributed by atoms with Crippen LogP contribution in [0.4, 0.5) is 0 Å². The van der Waals surface area contributed by atoms with Crippen LogP contribution in [0, 0.1) is 0 Å². The first-order valence-corrected chi connectivity index (χ1v) is 23.7. The van der Waals surface area contributed by atoms with E-state index in [1.807, 2.05) is 0 Å². The number of carbonyl (C=O) groups is 11. The van der Waals surface area contributed by atoms with Crippen LogP contribution >= 0.6 is 0 Å². The second-order valence-electron chi connectivity index (χ2n) is 16.5. The lowest BCUT2D eigenvalue weighted by Crippen LogP contribution is -2.45. The van der Waals surface area contributed by atoms with Gasteiger partial charge in [0, 0.05) is 96.1 Å². The van der Waals surface area contributed by atoms with Gasteiger partial charge in [-0.1, -0.05) is 6.07 Å². The first-order valence-electron chi connectivity index (χ1n) is 23.7. The van der Waals surface area contributed by atoms with Crippen molar-refractivity contribution >= 4 is 65.0 Å². The number of rotatable bonds is 37. The van der Waals surface area contributed by atoms with Crippen molar-refractivity contribution in [3.05, 3.63) is 42.0 Å². The molecular weight excluding hydrogens is 935 g/mol. The van der Waals surface area contributed by atoms with Gasteiger partial charge in [0.25, 0.3) is 23.6 Å². The second-order valence-corrected chi connectivity index (χ2v) is 16.5. The van der Waals surface area contributed by atoms with Crippen LogP contribution in [0.2, 0.25) is 0 Å². The molecule has 0 spiro atoms. The van der Waals surface area contributed by atoms with Gasteiger partial charge in [-0.2, -0.15) is 0 Å². The Bertz CT molecular complexity index is 1980. The predicted molar refractivity (Wildman–Crippen MR) is 249 cm³/mol. The highest BCUT2D eigenvalue weighted by Crippen LogP contribution is 2.14. The van der Waals surface area contributed by atoms with Gasteiger partial charge in [-0.3, -0.25) is 68.5 Å². The molecule has 1 aliphatic heterocycles. The van der Waals surface area contributed by atoms with Crippen LogP contribution in [-0.4, -0.2) is 171 Å². The average molecular weight is 1000 g/mol. The molecule has 0 radical (unpaired) electrons. The molecule has 25 heteroatoms. The van der Waals surface area contributed by atoms with E-state index >= 15 is 0 Å². The molecule has 394 valence electrons. The number of nitrogens with one attached hydrogen (secondary N) is 5. The molecule has 1 heterocycles. The quantitative estimate of drug-likeness (QED) is 0.0190. The molecule has 2 rings (SSSR count). The largest absolute Gasteiger partial charge is 0.484 e. The summed E-state index contributed by atoms with van der Waals surface area (Å²) in [6, 6.07) is 4.59. The predicted octanol–water partition coefficient (Wildman–Crippen LogP) is 0.553. The summed E-state index contributed by atoms with van der Waals surface area (Å²) < 4.78 is 5.49. The highest BCUT2D eigenvalue weighted by Gasteiger charge is 2.24. The summed E-state index contributed by atoms with van der Waals surface area (Å²) in [5.74, 6) is -6.19. The molecule has 0 saturated heterocycles. The minimum atomic E-state index is -1.28. The fourth-order valence-corrected chi connectivity index (χ4v) is 6.62. The number of aliphatic carboxylic acids is 1. The zero-order chi connectivity index (χ0) is 52.6. The van der Waals surface area contributed by atoms with E-state index in [4.69, 9.17) is 4.74 Å². The van der Waals surface area contributed by atoms with Gasteiger partial charge in [0.2, 0.25) is 35.4 Å². The number of hydrogen-bond donors (Lipinski definition) is 9. The molecule has 0 unspecified atom stereocenters. The van der Waals surface area contributed by atoms with E-state index in [9.17, 15) is 73.5 Å². The standard InChI is InChI=1S/C46H69N9O16/c1-33(56)53(68)27-9-2-6-23-47-37(57)17-19-43(63)54(69)28-10-3-7-24-48-38(58)18-20-44(64)55(70)29-11-4-8-25-49-40(60)32-71-35-15-13-14-34(30-35)45(65)50-31-39(59)51-36(46(66)67)16-5-12-26-52-41(61)21-22-42(52)62/h13-15,21-22,30,36,68-70H,2-12,16-20,23-29,31-32H2,1H3,(H,47,57)(H,48,58)(H,49,60)(H,50,65)(H,51,59)(H,66,67)/t36-/m0/s1. The van der Waals surface area contributed by atoms with Crippen molar-refractivity contribution in [3.8, 4) is 5.75 Å². The number of carbonyl (C=O) groups excluding carboxylic acids is 10. The van der Waals surface area contributed by atoms with Crippen molar-refractivity contribution in [1.29, 1.82) is 0 Å². The Kier molecular flexibility index (Phi) is 29.1. The van der Waals surface area contributed by atoms with Gasteiger partial charge in [0.05, 0.1) is 6.54 Å². The third-order valence-corrected chi connectivity index (χ3v) is 10.7. The van der Waals surface area contributed by atoms with Gasteiger partial charge in [-0.15, -0.1) is 0 Å². The van der Waals surface area contributed by atoms with Gasteiger partial charge >= 0.3 is 5.97 Å². The average Bonchev–Trinajstić information content (AvgIpc) is 3.67. The molecule has 0 fully saturated rings. The van der Waals surface area contributed by atoms with E-state index in [2.05, 4.69) is 26.6 Å². The number of hydrogen-bond acceptors (Lipinski definition) is 15. The molecule has 0 bridgehead atoms. The monoisotopic (exact) mass is 1000 g/mol. The van der Waals surface area contributed by atoms with Crippen molar-refractivity contribution in [2.45, 2.75) is 116 Å². The van der Waals surface area contributed by atoms with Gasteiger partial charge in [-0.25, -0.2) is 20.0 Å². The number of unbranched alkanes of at least 4 members (excludes halogenated alkanes) is 7. The lowest BCUT2D eigenvalue weighted by Gasteiger charge is -2.16. The molecule has 0 saturated carbocycles.